The van der Waals surface area contributed by atoms with E-state index in [0.29, 0.717) is 12.3 Å². The standard InChI is InChI=1S/C14H18FN3O3S/c1-4-18-9-11(8-16-18)22(19,20)17-10(2)14-12(15)6-5-7-13(14)21-3/h5-10,17H,4H2,1-3H3/t10-/m0/s1. The fourth-order valence-electron chi connectivity index (χ4n) is 2.13. The maximum Gasteiger partial charge on any atom is 0.244 e. The number of benzene rings is 1. The van der Waals surface area contributed by atoms with Crippen LogP contribution in [0.4, 0.5) is 4.39 Å². The van der Waals surface area contributed by atoms with Gasteiger partial charge in [0.15, 0.2) is 0 Å². The first kappa shape index (κ1) is 16.4. The molecule has 120 valence electrons. The molecule has 1 aromatic carbocycles. The number of sulfonamides is 1. The first-order valence-corrected chi connectivity index (χ1v) is 8.24. The van der Waals surface area contributed by atoms with Crippen LogP contribution in [0, 0.1) is 5.82 Å². The highest BCUT2D eigenvalue weighted by Crippen LogP contribution is 2.28. The van der Waals surface area contributed by atoms with Crippen molar-refractivity contribution in [1.82, 2.24) is 14.5 Å². The molecule has 0 bridgehead atoms. The smallest absolute Gasteiger partial charge is 0.244 e. The third-order valence-corrected chi connectivity index (χ3v) is 4.74. The van der Waals surface area contributed by atoms with Gasteiger partial charge in [-0.1, -0.05) is 6.07 Å². The van der Waals surface area contributed by atoms with Crippen LogP contribution in [0.5, 0.6) is 5.75 Å². The molecule has 2 aromatic rings. The molecule has 0 saturated carbocycles. The quantitative estimate of drug-likeness (QED) is 0.882. The van der Waals surface area contributed by atoms with Gasteiger partial charge in [0, 0.05) is 18.3 Å². The van der Waals surface area contributed by atoms with Crippen molar-refractivity contribution in [3.05, 3.63) is 42.0 Å². The van der Waals surface area contributed by atoms with E-state index in [-0.39, 0.29) is 10.5 Å². The van der Waals surface area contributed by atoms with Crippen LogP contribution in [0.3, 0.4) is 0 Å². The molecule has 0 spiro atoms. The summed E-state index contributed by atoms with van der Waals surface area (Å²) in [5.74, 6) is -0.238. The summed E-state index contributed by atoms with van der Waals surface area (Å²) in [6, 6.07) is 3.56. The second-order valence-corrected chi connectivity index (χ2v) is 6.44. The van der Waals surface area contributed by atoms with Gasteiger partial charge in [-0.15, -0.1) is 0 Å². The number of hydrogen-bond donors (Lipinski definition) is 1. The Balaban J connectivity index is 2.30. The van der Waals surface area contributed by atoms with Crippen molar-refractivity contribution in [2.24, 2.45) is 0 Å². The van der Waals surface area contributed by atoms with E-state index in [1.807, 2.05) is 6.92 Å². The Morgan fingerprint density at radius 2 is 2.18 bits per heavy atom. The predicted octanol–water partition coefficient (Wildman–Crippen LogP) is 2.09. The van der Waals surface area contributed by atoms with E-state index in [2.05, 4.69) is 9.82 Å². The van der Waals surface area contributed by atoms with Crippen LogP contribution < -0.4 is 9.46 Å². The highest BCUT2D eigenvalue weighted by atomic mass is 32.2. The molecule has 1 N–H and O–H groups in total. The van der Waals surface area contributed by atoms with Gasteiger partial charge in [-0.3, -0.25) is 4.68 Å². The zero-order valence-corrected chi connectivity index (χ0v) is 13.4. The van der Waals surface area contributed by atoms with Crippen LogP contribution in [-0.2, 0) is 16.6 Å². The van der Waals surface area contributed by atoms with Gasteiger partial charge in [-0.2, -0.15) is 5.10 Å². The third-order valence-electron chi connectivity index (χ3n) is 3.24. The normalized spacial score (nSPS) is 13.1. The minimum Gasteiger partial charge on any atom is -0.496 e. The van der Waals surface area contributed by atoms with Gasteiger partial charge in [-0.25, -0.2) is 17.5 Å². The number of methoxy groups -OCH3 is 1. The number of rotatable bonds is 6. The van der Waals surface area contributed by atoms with E-state index in [9.17, 15) is 12.8 Å². The topological polar surface area (TPSA) is 73.2 Å². The molecule has 6 nitrogen and oxygen atoms in total. The molecule has 8 heteroatoms. The first-order chi connectivity index (χ1) is 10.4. The summed E-state index contributed by atoms with van der Waals surface area (Å²) in [4.78, 5) is 0.0384. The van der Waals surface area contributed by atoms with Gasteiger partial charge >= 0.3 is 0 Å². The molecule has 22 heavy (non-hydrogen) atoms. The molecule has 0 aliphatic rings. The molecule has 1 aromatic heterocycles. The second kappa shape index (κ2) is 6.45. The third kappa shape index (κ3) is 3.28. The Labute approximate surface area is 129 Å². The van der Waals surface area contributed by atoms with E-state index in [1.54, 1.807) is 13.0 Å². The highest BCUT2D eigenvalue weighted by Gasteiger charge is 2.24. The average molecular weight is 327 g/mol. The van der Waals surface area contributed by atoms with Crippen molar-refractivity contribution in [3.63, 3.8) is 0 Å². The van der Waals surface area contributed by atoms with Crippen molar-refractivity contribution in [3.8, 4) is 5.75 Å². The number of ether oxygens (including phenoxy) is 1. The Morgan fingerprint density at radius 1 is 1.45 bits per heavy atom. The van der Waals surface area contributed by atoms with Crippen LogP contribution >= 0.6 is 0 Å². The molecule has 0 radical (unpaired) electrons. The largest absolute Gasteiger partial charge is 0.496 e. The van der Waals surface area contributed by atoms with E-state index >= 15 is 0 Å². The van der Waals surface area contributed by atoms with Crippen LogP contribution in [-0.4, -0.2) is 25.3 Å². The molecule has 0 amide bonds. The monoisotopic (exact) mass is 327 g/mol. The van der Waals surface area contributed by atoms with Crippen molar-refractivity contribution < 1.29 is 17.5 Å². The van der Waals surface area contributed by atoms with Crippen LogP contribution in [0.25, 0.3) is 0 Å². The average Bonchev–Trinajstić information content (AvgIpc) is 2.96. The zero-order chi connectivity index (χ0) is 16.3. The number of nitrogens with one attached hydrogen (secondary N) is 1. The summed E-state index contributed by atoms with van der Waals surface area (Å²) in [5.41, 5.74) is 0.163. The fourth-order valence-corrected chi connectivity index (χ4v) is 3.30. The minimum absolute atomic E-state index is 0.0384. The van der Waals surface area contributed by atoms with Crippen molar-refractivity contribution in [1.29, 1.82) is 0 Å². The van der Waals surface area contributed by atoms with Crippen molar-refractivity contribution in [2.75, 3.05) is 7.11 Å². The lowest BCUT2D eigenvalue weighted by molar-refractivity contribution is 0.398. The second-order valence-electron chi connectivity index (χ2n) is 4.73. The zero-order valence-electron chi connectivity index (χ0n) is 12.6. The number of nitrogens with zero attached hydrogens (tertiary/aromatic N) is 2. The van der Waals surface area contributed by atoms with E-state index in [1.165, 1.54) is 36.3 Å². The van der Waals surface area contributed by atoms with Gasteiger partial charge in [-0.05, 0) is 26.0 Å². The summed E-state index contributed by atoms with van der Waals surface area (Å²) < 4.78 is 47.7. The summed E-state index contributed by atoms with van der Waals surface area (Å²) in [5, 5.41) is 3.93. The molecule has 1 atom stereocenters. The van der Waals surface area contributed by atoms with E-state index in [0.717, 1.165) is 0 Å². The molecule has 0 aliphatic carbocycles. The van der Waals surface area contributed by atoms with E-state index < -0.39 is 21.9 Å². The number of aryl methyl sites for hydroxylation is 1. The van der Waals surface area contributed by atoms with Crippen molar-refractivity contribution in [2.45, 2.75) is 31.3 Å². The van der Waals surface area contributed by atoms with Crippen LogP contribution in [0.1, 0.15) is 25.5 Å². The van der Waals surface area contributed by atoms with Crippen LogP contribution in [0.15, 0.2) is 35.5 Å². The van der Waals surface area contributed by atoms with Gasteiger partial charge < -0.3 is 4.74 Å². The lowest BCUT2D eigenvalue weighted by atomic mass is 10.1. The SMILES string of the molecule is CCn1cc(S(=O)(=O)N[C@@H](C)c2c(F)cccc2OC)cn1. The van der Waals surface area contributed by atoms with Gasteiger partial charge in [0.2, 0.25) is 10.0 Å². The Hall–Kier alpha value is -1.93. The molecule has 2 rings (SSSR count). The number of hydrogen-bond acceptors (Lipinski definition) is 4. The molecule has 0 fully saturated rings. The maximum absolute atomic E-state index is 14.0. The minimum atomic E-state index is -3.79. The number of halogens is 1. The highest BCUT2D eigenvalue weighted by molar-refractivity contribution is 7.89. The summed E-state index contributed by atoms with van der Waals surface area (Å²) in [6.45, 7) is 3.97. The van der Waals surface area contributed by atoms with E-state index in [4.69, 9.17) is 4.74 Å². The lowest BCUT2D eigenvalue weighted by Gasteiger charge is -2.17. The molecule has 0 aliphatic heterocycles. The Bertz CT molecular complexity index is 758. The molecular formula is C14H18FN3O3S. The molecule has 0 saturated heterocycles. The molecule has 1 heterocycles. The van der Waals surface area contributed by atoms with Gasteiger partial charge in [0.05, 0.1) is 19.3 Å². The summed E-state index contributed by atoms with van der Waals surface area (Å²) >= 11 is 0. The maximum atomic E-state index is 14.0. The first-order valence-electron chi connectivity index (χ1n) is 6.76. The molecular weight excluding hydrogens is 309 g/mol. The van der Waals surface area contributed by atoms with Gasteiger partial charge in [0.25, 0.3) is 0 Å². The van der Waals surface area contributed by atoms with Crippen molar-refractivity contribution >= 4 is 10.0 Å². The number of aromatic nitrogens is 2. The van der Waals surface area contributed by atoms with Crippen LogP contribution in [0.2, 0.25) is 0 Å². The Kier molecular flexibility index (Phi) is 4.82. The lowest BCUT2D eigenvalue weighted by Crippen LogP contribution is -2.27. The van der Waals surface area contributed by atoms with Gasteiger partial charge in [0.1, 0.15) is 16.5 Å². The Morgan fingerprint density at radius 3 is 2.77 bits per heavy atom. The summed E-state index contributed by atoms with van der Waals surface area (Å²) in [7, 11) is -2.39. The fraction of sp³-hybridized carbons (Fsp3) is 0.357. The predicted molar refractivity (Wildman–Crippen MR) is 79.6 cm³/mol. The summed E-state index contributed by atoms with van der Waals surface area (Å²) in [6.07, 6.45) is 2.69. The molecule has 0 unspecified atom stereocenters.